The fraction of sp³-hybridized carbons (Fsp3) is 0.100. The number of nitrogens with zero attached hydrogens (tertiary/aromatic N) is 1. The van der Waals surface area contributed by atoms with Crippen molar-refractivity contribution in [1.29, 1.82) is 0 Å². The standard InChI is InChI=1S/C20H16FNO3/c1-25-16-5-2-4-13(10-16)14-7-8-15(18(21)11-14)12-19-17(20(23)24)6-3-9-22-19/h2-11H,12H2,1H3,(H,23,24). The number of carboxylic acids is 1. The number of aromatic nitrogens is 1. The minimum atomic E-state index is -1.07. The van der Waals surface area contributed by atoms with Gasteiger partial charge in [-0.25, -0.2) is 9.18 Å². The summed E-state index contributed by atoms with van der Waals surface area (Å²) in [6.45, 7) is 0. The van der Waals surface area contributed by atoms with Gasteiger partial charge < -0.3 is 9.84 Å². The average Bonchev–Trinajstić information content (AvgIpc) is 2.63. The van der Waals surface area contributed by atoms with Gasteiger partial charge in [-0.05, 0) is 47.0 Å². The van der Waals surface area contributed by atoms with E-state index < -0.39 is 11.8 Å². The van der Waals surface area contributed by atoms with Gasteiger partial charge in [-0.1, -0.05) is 24.3 Å². The zero-order valence-electron chi connectivity index (χ0n) is 13.6. The molecule has 0 aliphatic carbocycles. The number of carboxylic acid groups (broad SMARTS) is 1. The lowest BCUT2D eigenvalue weighted by Crippen LogP contribution is -2.06. The van der Waals surface area contributed by atoms with Crippen LogP contribution < -0.4 is 4.74 Å². The van der Waals surface area contributed by atoms with E-state index in [0.717, 1.165) is 11.1 Å². The summed E-state index contributed by atoms with van der Waals surface area (Å²) in [6, 6.07) is 15.3. The molecule has 3 rings (SSSR count). The van der Waals surface area contributed by atoms with Gasteiger partial charge in [-0.3, -0.25) is 4.98 Å². The van der Waals surface area contributed by atoms with Crippen LogP contribution in [0.3, 0.4) is 0 Å². The molecule has 126 valence electrons. The topological polar surface area (TPSA) is 59.4 Å². The molecule has 0 atom stereocenters. The van der Waals surface area contributed by atoms with Crippen LogP contribution in [0.2, 0.25) is 0 Å². The third kappa shape index (κ3) is 3.66. The normalized spacial score (nSPS) is 10.5. The number of aromatic carboxylic acids is 1. The monoisotopic (exact) mass is 337 g/mol. The third-order valence-corrected chi connectivity index (χ3v) is 3.93. The van der Waals surface area contributed by atoms with Crippen molar-refractivity contribution >= 4 is 5.97 Å². The van der Waals surface area contributed by atoms with E-state index in [-0.39, 0.29) is 12.0 Å². The molecule has 0 saturated heterocycles. The number of carbonyl (C=O) groups is 1. The SMILES string of the molecule is COc1cccc(-c2ccc(Cc3ncccc3C(=O)O)c(F)c2)c1. The smallest absolute Gasteiger partial charge is 0.337 e. The molecule has 0 aliphatic rings. The molecule has 3 aromatic rings. The molecule has 1 aromatic heterocycles. The molecule has 0 amide bonds. The first kappa shape index (κ1) is 16.6. The lowest BCUT2D eigenvalue weighted by molar-refractivity contribution is 0.0695. The van der Waals surface area contributed by atoms with E-state index in [1.165, 1.54) is 18.3 Å². The van der Waals surface area contributed by atoms with Gasteiger partial charge in [-0.15, -0.1) is 0 Å². The number of methoxy groups -OCH3 is 1. The maximum Gasteiger partial charge on any atom is 0.337 e. The summed E-state index contributed by atoms with van der Waals surface area (Å²) in [7, 11) is 1.58. The molecule has 0 saturated carbocycles. The lowest BCUT2D eigenvalue weighted by atomic mass is 10.00. The van der Waals surface area contributed by atoms with Crippen LogP contribution in [0, 0.1) is 5.82 Å². The van der Waals surface area contributed by atoms with Gasteiger partial charge in [0, 0.05) is 12.6 Å². The molecule has 0 unspecified atom stereocenters. The second kappa shape index (κ2) is 7.13. The van der Waals surface area contributed by atoms with Crippen LogP contribution in [0.4, 0.5) is 4.39 Å². The molecule has 0 fully saturated rings. The number of pyridine rings is 1. The van der Waals surface area contributed by atoms with Gasteiger partial charge in [0.2, 0.25) is 0 Å². The van der Waals surface area contributed by atoms with Crippen molar-refractivity contribution in [1.82, 2.24) is 4.98 Å². The van der Waals surface area contributed by atoms with E-state index in [4.69, 9.17) is 4.74 Å². The highest BCUT2D eigenvalue weighted by Crippen LogP contribution is 2.26. The van der Waals surface area contributed by atoms with Crippen molar-refractivity contribution in [2.24, 2.45) is 0 Å². The van der Waals surface area contributed by atoms with Crippen molar-refractivity contribution < 1.29 is 19.0 Å². The summed E-state index contributed by atoms with van der Waals surface area (Å²) in [5.41, 5.74) is 2.38. The Kier molecular flexibility index (Phi) is 4.75. The van der Waals surface area contributed by atoms with Crippen molar-refractivity contribution in [2.75, 3.05) is 7.11 Å². The fourth-order valence-electron chi connectivity index (χ4n) is 2.63. The largest absolute Gasteiger partial charge is 0.497 e. The van der Waals surface area contributed by atoms with Crippen LogP contribution in [0.25, 0.3) is 11.1 Å². The van der Waals surface area contributed by atoms with Crippen LogP contribution >= 0.6 is 0 Å². The van der Waals surface area contributed by atoms with Gasteiger partial charge in [-0.2, -0.15) is 0 Å². The maximum atomic E-state index is 14.5. The van der Waals surface area contributed by atoms with E-state index in [2.05, 4.69) is 4.98 Å². The second-order valence-corrected chi connectivity index (χ2v) is 5.52. The third-order valence-electron chi connectivity index (χ3n) is 3.93. The first-order chi connectivity index (χ1) is 12.1. The zero-order chi connectivity index (χ0) is 17.8. The summed E-state index contributed by atoms with van der Waals surface area (Å²) in [4.78, 5) is 15.3. The van der Waals surface area contributed by atoms with Crippen LogP contribution in [-0.4, -0.2) is 23.2 Å². The first-order valence-corrected chi connectivity index (χ1v) is 7.68. The minimum absolute atomic E-state index is 0.0822. The Morgan fingerprint density at radius 3 is 2.64 bits per heavy atom. The van der Waals surface area contributed by atoms with Crippen molar-refractivity contribution in [3.05, 3.63) is 83.4 Å². The van der Waals surface area contributed by atoms with Gasteiger partial charge in [0.05, 0.1) is 18.4 Å². The average molecular weight is 337 g/mol. The quantitative estimate of drug-likeness (QED) is 0.758. The number of rotatable bonds is 5. The molecular weight excluding hydrogens is 321 g/mol. The summed E-state index contributed by atoms with van der Waals surface area (Å²) in [5, 5.41) is 9.21. The van der Waals surface area contributed by atoms with Crippen LogP contribution in [0.15, 0.2) is 60.8 Å². The lowest BCUT2D eigenvalue weighted by Gasteiger charge is -2.09. The molecule has 25 heavy (non-hydrogen) atoms. The van der Waals surface area contributed by atoms with Crippen LogP contribution in [0.5, 0.6) is 5.75 Å². The van der Waals surface area contributed by atoms with Gasteiger partial charge >= 0.3 is 5.97 Å². The fourth-order valence-corrected chi connectivity index (χ4v) is 2.63. The maximum absolute atomic E-state index is 14.5. The molecule has 0 bridgehead atoms. The Labute approximate surface area is 144 Å². The van der Waals surface area contributed by atoms with Crippen molar-refractivity contribution in [3.8, 4) is 16.9 Å². The molecular formula is C20H16FNO3. The van der Waals surface area contributed by atoms with Crippen LogP contribution in [-0.2, 0) is 6.42 Å². The predicted molar refractivity (Wildman–Crippen MR) is 92.4 cm³/mol. The molecule has 5 heteroatoms. The van der Waals surface area contributed by atoms with Crippen molar-refractivity contribution in [3.63, 3.8) is 0 Å². The summed E-state index contributed by atoms with van der Waals surface area (Å²) >= 11 is 0. The van der Waals surface area contributed by atoms with Gasteiger partial charge in [0.1, 0.15) is 11.6 Å². The van der Waals surface area contributed by atoms with E-state index in [1.807, 2.05) is 24.3 Å². The Morgan fingerprint density at radius 1 is 1.12 bits per heavy atom. The van der Waals surface area contributed by atoms with Gasteiger partial charge in [0.15, 0.2) is 0 Å². The van der Waals surface area contributed by atoms with Crippen LogP contribution in [0.1, 0.15) is 21.6 Å². The summed E-state index contributed by atoms with van der Waals surface area (Å²) < 4.78 is 19.7. The Balaban J connectivity index is 1.92. The van der Waals surface area contributed by atoms with Crippen molar-refractivity contribution in [2.45, 2.75) is 6.42 Å². The second-order valence-electron chi connectivity index (χ2n) is 5.52. The van der Waals surface area contributed by atoms with E-state index in [9.17, 15) is 14.3 Å². The number of halogens is 1. The zero-order valence-corrected chi connectivity index (χ0v) is 13.6. The molecule has 4 nitrogen and oxygen atoms in total. The molecule has 1 N–H and O–H groups in total. The molecule has 2 aromatic carbocycles. The highest BCUT2D eigenvalue weighted by atomic mass is 19.1. The van der Waals surface area contributed by atoms with E-state index in [1.54, 1.807) is 25.3 Å². The molecule has 0 radical (unpaired) electrons. The number of ether oxygens (including phenoxy) is 1. The molecule has 0 spiro atoms. The van der Waals surface area contributed by atoms with E-state index in [0.29, 0.717) is 17.0 Å². The Morgan fingerprint density at radius 2 is 1.92 bits per heavy atom. The predicted octanol–water partition coefficient (Wildman–Crippen LogP) is 4.19. The molecule has 0 aliphatic heterocycles. The van der Waals surface area contributed by atoms with E-state index >= 15 is 0 Å². The van der Waals surface area contributed by atoms with Gasteiger partial charge in [0.25, 0.3) is 0 Å². The molecule has 1 heterocycles. The summed E-state index contributed by atoms with van der Waals surface area (Å²) in [5.74, 6) is -0.777. The number of hydrogen-bond acceptors (Lipinski definition) is 3. The number of hydrogen-bond donors (Lipinski definition) is 1. The highest BCUT2D eigenvalue weighted by molar-refractivity contribution is 5.88. The minimum Gasteiger partial charge on any atom is -0.497 e. The summed E-state index contributed by atoms with van der Waals surface area (Å²) in [6.07, 6.45) is 1.62. The Hall–Kier alpha value is -3.21. The first-order valence-electron chi connectivity index (χ1n) is 7.68. The Bertz CT molecular complexity index is 924. The highest BCUT2D eigenvalue weighted by Gasteiger charge is 2.13. The number of benzene rings is 2.